The Morgan fingerprint density at radius 2 is 0.643 bits per heavy atom. The first-order valence-electron chi connectivity index (χ1n) is 6.79. The van der Waals surface area contributed by atoms with E-state index in [1.807, 2.05) is 55.4 Å². The maximum absolute atomic E-state index is 2.32. The summed E-state index contributed by atoms with van der Waals surface area (Å²) < 4.78 is 0. The average Bonchev–Trinajstić information content (AvgIpc) is 2.28. The smallest absolute Gasteiger partial charge is 0.0438 e. The molecule has 0 spiro atoms. The first-order valence-corrected chi connectivity index (χ1v) is 6.79. The fourth-order valence-corrected chi connectivity index (χ4v) is 1.30. The van der Waals surface area contributed by atoms with Crippen molar-refractivity contribution in [2.45, 2.75) is 82.1 Å². The predicted octanol–water partition coefficient (Wildman–Crippen LogP) is 6.16. The third-order valence-corrected chi connectivity index (χ3v) is 1.61. The summed E-state index contributed by atoms with van der Waals surface area (Å²) in [6.07, 6.45) is 2.94. The van der Waals surface area contributed by atoms with Gasteiger partial charge in [-0.25, -0.2) is 0 Å². The number of hydrogen-bond donors (Lipinski definition) is 0. The Labute approximate surface area is 94.5 Å². The van der Waals surface area contributed by atoms with Crippen molar-refractivity contribution < 1.29 is 0 Å². The number of hydrogen-bond acceptors (Lipinski definition) is 0. The van der Waals surface area contributed by atoms with Crippen molar-refractivity contribution in [2.75, 3.05) is 0 Å². The second-order valence-electron chi connectivity index (χ2n) is 2.68. The Morgan fingerprint density at radius 1 is 0.500 bits per heavy atom. The van der Waals surface area contributed by atoms with Crippen molar-refractivity contribution in [1.82, 2.24) is 0 Å². The maximum Gasteiger partial charge on any atom is -0.0438 e. The molecular formula is C14H36. The molecule has 0 saturated heterocycles. The molecule has 0 atom stereocenters. The summed E-state index contributed by atoms with van der Waals surface area (Å²) in [5.41, 5.74) is 0. The first-order chi connectivity index (χ1) is 6.79. The second-order valence-corrected chi connectivity index (χ2v) is 2.68. The normalized spacial score (nSPS) is 21.0. The molecule has 14 heavy (non-hydrogen) atoms. The van der Waals surface area contributed by atoms with E-state index < -0.39 is 0 Å². The fourth-order valence-electron chi connectivity index (χ4n) is 1.30. The first kappa shape index (κ1) is 23.7. The van der Waals surface area contributed by atoms with Crippen molar-refractivity contribution in [3.63, 3.8) is 0 Å². The van der Waals surface area contributed by atoms with E-state index in [1.165, 1.54) is 12.8 Å². The van der Waals surface area contributed by atoms with Gasteiger partial charge in [0.15, 0.2) is 0 Å². The van der Waals surface area contributed by atoms with E-state index in [-0.39, 0.29) is 0 Å². The zero-order valence-corrected chi connectivity index (χ0v) is 12.6. The SMILES string of the molecule is CC.CC.CC.CC.CC1CC(C)C1. The van der Waals surface area contributed by atoms with Gasteiger partial charge in [-0.1, -0.05) is 69.2 Å². The summed E-state index contributed by atoms with van der Waals surface area (Å²) in [5.74, 6) is 2.08. The lowest BCUT2D eigenvalue weighted by molar-refractivity contribution is 0.233. The molecule has 1 rings (SSSR count). The Bertz CT molecular complexity index is 36.0. The molecule has 1 aliphatic rings. The van der Waals surface area contributed by atoms with Gasteiger partial charge < -0.3 is 0 Å². The topological polar surface area (TPSA) is 0 Å². The highest BCUT2D eigenvalue weighted by molar-refractivity contribution is 4.71. The molecule has 0 aromatic rings. The highest BCUT2D eigenvalue weighted by Gasteiger charge is 2.19. The van der Waals surface area contributed by atoms with Gasteiger partial charge in [-0.2, -0.15) is 0 Å². The molecule has 1 fully saturated rings. The van der Waals surface area contributed by atoms with Crippen molar-refractivity contribution in [1.29, 1.82) is 0 Å². The molecule has 92 valence electrons. The van der Waals surface area contributed by atoms with E-state index in [0.29, 0.717) is 0 Å². The van der Waals surface area contributed by atoms with Gasteiger partial charge in [0.2, 0.25) is 0 Å². The van der Waals surface area contributed by atoms with Gasteiger partial charge >= 0.3 is 0 Å². The van der Waals surface area contributed by atoms with Crippen LogP contribution in [0.2, 0.25) is 0 Å². The molecule has 0 unspecified atom stereocenters. The fraction of sp³-hybridized carbons (Fsp3) is 1.00. The van der Waals surface area contributed by atoms with Crippen LogP contribution in [0.4, 0.5) is 0 Å². The molecule has 0 aromatic carbocycles. The van der Waals surface area contributed by atoms with Crippen LogP contribution in [0, 0.1) is 11.8 Å². The molecule has 1 aliphatic carbocycles. The van der Waals surface area contributed by atoms with Crippen molar-refractivity contribution in [3.8, 4) is 0 Å². The summed E-state index contributed by atoms with van der Waals surface area (Å²) >= 11 is 0. The van der Waals surface area contributed by atoms with Gasteiger partial charge in [-0.3, -0.25) is 0 Å². The maximum atomic E-state index is 2.32. The van der Waals surface area contributed by atoms with Crippen LogP contribution in [0.3, 0.4) is 0 Å². The highest BCUT2D eigenvalue weighted by Crippen LogP contribution is 2.31. The Hall–Kier alpha value is 0. The van der Waals surface area contributed by atoms with Crippen LogP contribution in [0.5, 0.6) is 0 Å². The summed E-state index contributed by atoms with van der Waals surface area (Å²) in [6.45, 7) is 20.6. The second kappa shape index (κ2) is 29.2. The standard InChI is InChI=1S/C6H12.4C2H6/c1-5-3-6(2)4-5;4*1-2/h5-6H,3-4H2,1-2H3;4*1-2H3. The van der Waals surface area contributed by atoms with Gasteiger partial charge in [-0.05, 0) is 24.7 Å². The largest absolute Gasteiger partial charge is 0.0683 e. The molecule has 0 heteroatoms. The average molecular weight is 204 g/mol. The summed E-state index contributed by atoms with van der Waals surface area (Å²) in [4.78, 5) is 0. The molecule has 0 N–H and O–H groups in total. The van der Waals surface area contributed by atoms with E-state index in [2.05, 4.69) is 13.8 Å². The summed E-state index contributed by atoms with van der Waals surface area (Å²) in [5, 5.41) is 0. The minimum absolute atomic E-state index is 1.04. The van der Waals surface area contributed by atoms with Gasteiger partial charge in [-0.15, -0.1) is 0 Å². The lowest BCUT2D eigenvalue weighted by Crippen LogP contribution is -2.16. The van der Waals surface area contributed by atoms with Crippen LogP contribution in [0.15, 0.2) is 0 Å². The summed E-state index contributed by atoms with van der Waals surface area (Å²) in [6, 6.07) is 0. The minimum atomic E-state index is 1.04. The Morgan fingerprint density at radius 3 is 0.643 bits per heavy atom. The molecule has 0 heterocycles. The number of rotatable bonds is 0. The van der Waals surface area contributed by atoms with Crippen LogP contribution in [-0.4, -0.2) is 0 Å². The Kier molecular flexibility index (Phi) is 49.4. The van der Waals surface area contributed by atoms with Crippen molar-refractivity contribution in [2.24, 2.45) is 11.8 Å². The lowest BCUT2D eigenvalue weighted by atomic mass is 9.78. The molecule has 0 nitrogen and oxygen atoms in total. The van der Waals surface area contributed by atoms with Crippen LogP contribution in [0.1, 0.15) is 82.1 Å². The summed E-state index contributed by atoms with van der Waals surface area (Å²) in [7, 11) is 0. The zero-order valence-electron chi connectivity index (χ0n) is 12.6. The molecule has 0 aromatic heterocycles. The molecule has 0 amide bonds. The van der Waals surface area contributed by atoms with E-state index >= 15 is 0 Å². The van der Waals surface area contributed by atoms with Gasteiger partial charge in [0, 0.05) is 0 Å². The van der Waals surface area contributed by atoms with E-state index in [4.69, 9.17) is 0 Å². The molecule has 0 bridgehead atoms. The quantitative estimate of drug-likeness (QED) is 0.443. The zero-order chi connectivity index (χ0) is 12.6. The van der Waals surface area contributed by atoms with Crippen LogP contribution >= 0.6 is 0 Å². The molecule has 0 aliphatic heterocycles. The van der Waals surface area contributed by atoms with E-state index in [9.17, 15) is 0 Å². The van der Waals surface area contributed by atoms with Crippen LogP contribution < -0.4 is 0 Å². The van der Waals surface area contributed by atoms with E-state index in [1.54, 1.807) is 0 Å². The molecule has 1 saturated carbocycles. The lowest BCUT2D eigenvalue weighted by Gasteiger charge is -2.28. The van der Waals surface area contributed by atoms with Gasteiger partial charge in [0.25, 0.3) is 0 Å². The van der Waals surface area contributed by atoms with Crippen LogP contribution in [0.25, 0.3) is 0 Å². The molecular weight excluding hydrogens is 168 g/mol. The third-order valence-electron chi connectivity index (χ3n) is 1.61. The highest BCUT2D eigenvalue weighted by atomic mass is 14.2. The Balaban J connectivity index is -0.0000000542. The van der Waals surface area contributed by atoms with Crippen LogP contribution in [-0.2, 0) is 0 Å². The van der Waals surface area contributed by atoms with E-state index in [0.717, 1.165) is 11.8 Å². The molecule has 0 radical (unpaired) electrons. The van der Waals surface area contributed by atoms with Crippen molar-refractivity contribution in [3.05, 3.63) is 0 Å². The monoisotopic (exact) mass is 204 g/mol. The predicted molar refractivity (Wildman–Crippen MR) is 73.0 cm³/mol. The third kappa shape index (κ3) is 22.7. The van der Waals surface area contributed by atoms with Gasteiger partial charge in [0.05, 0.1) is 0 Å². The minimum Gasteiger partial charge on any atom is -0.0683 e. The van der Waals surface area contributed by atoms with Crippen molar-refractivity contribution >= 4 is 0 Å². The van der Waals surface area contributed by atoms with Gasteiger partial charge in [0.1, 0.15) is 0 Å².